The van der Waals surface area contributed by atoms with Crippen molar-refractivity contribution in [1.82, 2.24) is 5.32 Å². The molecule has 0 aromatic heterocycles. The summed E-state index contributed by atoms with van der Waals surface area (Å²) in [6, 6.07) is 0. The lowest BCUT2D eigenvalue weighted by atomic mass is 10.0. The quantitative estimate of drug-likeness (QED) is 0.747. The van der Waals surface area contributed by atoms with Gasteiger partial charge in [0.25, 0.3) is 0 Å². The minimum atomic E-state index is -0.202. The molecule has 1 unspecified atom stereocenters. The van der Waals surface area contributed by atoms with Crippen molar-refractivity contribution in [1.29, 1.82) is 0 Å². The lowest BCUT2D eigenvalue weighted by Gasteiger charge is -2.26. The molecule has 1 N–H and O–H groups in total. The van der Waals surface area contributed by atoms with Gasteiger partial charge in [-0.2, -0.15) is 0 Å². The Bertz CT molecular complexity index is 238. The van der Waals surface area contributed by atoms with Crippen LogP contribution in [0.5, 0.6) is 0 Å². The minimum Gasteiger partial charge on any atom is -0.378 e. The highest BCUT2D eigenvalue weighted by Crippen LogP contribution is 2.17. The second-order valence-electron chi connectivity index (χ2n) is 5.40. The van der Waals surface area contributed by atoms with Gasteiger partial charge in [-0.3, -0.25) is 4.79 Å². The molecule has 1 rings (SSSR count). The molecule has 100 valence electrons. The fourth-order valence-corrected chi connectivity index (χ4v) is 2.54. The van der Waals surface area contributed by atoms with Crippen LogP contribution in [0, 0.1) is 0 Å². The smallest absolute Gasteiger partial charge is 0.220 e. The van der Waals surface area contributed by atoms with Crippen molar-refractivity contribution >= 4 is 17.5 Å². The first-order chi connectivity index (χ1) is 8.03. The number of carbonyl (C=O) groups excluding carboxylic acids is 1. The van der Waals surface area contributed by atoms with Gasteiger partial charge in [0.2, 0.25) is 5.91 Å². The van der Waals surface area contributed by atoms with Gasteiger partial charge in [-0.1, -0.05) is 0 Å². The van der Waals surface area contributed by atoms with E-state index in [1.54, 1.807) is 0 Å². The average Bonchev–Trinajstić information content (AvgIpc) is 2.27. The van der Waals surface area contributed by atoms with Crippen LogP contribution in [0.15, 0.2) is 0 Å². The highest BCUT2D eigenvalue weighted by Gasteiger charge is 2.21. The first kappa shape index (κ1) is 14.8. The Morgan fingerprint density at radius 1 is 1.47 bits per heavy atom. The van der Waals surface area contributed by atoms with Crippen molar-refractivity contribution in [2.75, 3.05) is 12.5 Å². The normalized spacial score (nSPS) is 21.2. The monoisotopic (exact) mass is 261 g/mol. The highest BCUT2D eigenvalue weighted by molar-refractivity contribution is 6.17. The molecule has 1 saturated heterocycles. The molecule has 0 bridgehead atoms. The Kier molecular flexibility index (Phi) is 6.28. The Morgan fingerprint density at radius 2 is 2.24 bits per heavy atom. The number of alkyl halides is 1. The summed E-state index contributed by atoms with van der Waals surface area (Å²) >= 11 is 5.70. The third kappa shape index (κ3) is 6.27. The number of rotatable bonds is 6. The van der Waals surface area contributed by atoms with Gasteiger partial charge < -0.3 is 10.1 Å². The number of halogens is 1. The van der Waals surface area contributed by atoms with Gasteiger partial charge in [0, 0.05) is 24.4 Å². The molecular formula is C13H24ClNO2. The van der Waals surface area contributed by atoms with Crippen LogP contribution in [0.3, 0.4) is 0 Å². The van der Waals surface area contributed by atoms with Gasteiger partial charge in [0.1, 0.15) is 0 Å². The molecule has 0 aliphatic carbocycles. The molecule has 1 fully saturated rings. The first-order valence-corrected chi connectivity index (χ1v) is 7.05. The molecule has 1 heterocycles. The minimum absolute atomic E-state index is 0.106. The lowest BCUT2D eigenvalue weighted by molar-refractivity contribution is -0.123. The standard InChI is InChI=1S/C13H24ClNO2/c1-13(2,8-9-14)15-12(16)7-6-11-5-3-4-10-17-11/h11H,3-10H2,1-2H3,(H,15,16). The summed E-state index contributed by atoms with van der Waals surface area (Å²) in [5, 5.41) is 3.02. The second kappa shape index (κ2) is 7.22. The van der Waals surface area contributed by atoms with Crippen molar-refractivity contribution in [3.8, 4) is 0 Å². The van der Waals surface area contributed by atoms with Gasteiger partial charge in [0.05, 0.1) is 6.10 Å². The van der Waals surface area contributed by atoms with Gasteiger partial charge in [0.15, 0.2) is 0 Å². The zero-order valence-corrected chi connectivity index (χ0v) is 11.7. The Balaban J connectivity index is 2.20. The zero-order valence-electron chi connectivity index (χ0n) is 10.9. The van der Waals surface area contributed by atoms with Crippen molar-refractivity contribution in [2.45, 2.75) is 64.0 Å². The number of hydrogen-bond donors (Lipinski definition) is 1. The van der Waals surface area contributed by atoms with Crippen molar-refractivity contribution in [3.63, 3.8) is 0 Å². The van der Waals surface area contributed by atoms with E-state index in [1.807, 2.05) is 13.8 Å². The topological polar surface area (TPSA) is 38.3 Å². The van der Waals surface area contributed by atoms with E-state index >= 15 is 0 Å². The molecule has 0 saturated carbocycles. The van der Waals surface area contributed by atoms with E-state index in [9.17, 15) is 4.79 Å². The molecule has 0 aromatic carbocycles. The van der Waals surface area contributed by atoms with Crippen molar-refractivity contribution in [3.05, 3.63) is 0 Å². The summed E-state index contributed by atoms with van der Waals surface area (Å²) in [6.45, 7) is 4.86. The summed E-state index contributed by atoms with van der Waals surface area (Å²) in [4.78, 5) is 11.8. The van der Waals surface area contributed by atoms with Crippen LogP contribution in [-0.2, 0) is 9.53 Å². The van der Waals surface area contributed by atoms with Crippen LogP contribution in [0.2, 0.25) is 0 Å². The van der Waals surface area contributed by atoms with E-state index in [0.29, 0.717) is 12.3 Å². The van der Waals surface area contributed by atoms with Crippen molar-refractivity contribution in [2.24, 2.45) is 0 Å². The van der Waals surface area contributed by atoms with Crippen LogP contribution in [0.4, 0.5) is 0 Å². The van der Waals surface area contributed by atoms with Crippen LogP contribution >= 0.6 is 11.6 Å². The van der Waals surface area contributed by atoms with Crippen molar-refractivity contribution < 1.29 is 9.53 Å². The summed E-state index contributed by atoms with van der Waals surface area (Å²) < 4.78 is 5.60. The predicted octanol–water partition coefficient (Wildman–Crippen LogP) is 2.86. The van der Waals surface area contributed by atoms with Crippen LogP contribution in [0.25, 0.3) is 0 Å². The maximum Gasteiger partial charge on any atom is 0.220 e. The SMILES string of the molecule is CC(C)(CCCl)NC(=O)CCC1CCCCO1. The second-order valence-corrected chi connectivity index (χ2v) is 5.78. The van der Waals surface area contributed by atoms with Gasteiger partial charge in [-0.05, 0) is 46.0 Å². The molecule has 4 heteroatoms. The summed E-state index contributed by atoms with van der Waals surface area (Å²) in [5.41, 5.74) is -0.202. The summed E-state index contributed by atoms with van der Waals surface area (Å²) in [7, 11) is 0. The van der Waals surface area contributed by atoms with E-state index in [0.717, 1.165) is 32.3 Å². The average molecular weight is 262 g/mol. The molecule has 1 aliphatic rings. The van der Waals surface area contributed by atoms with Crippen LogP contribution < -0.4 is 5.32 Å². The number of ether oxygens (including phenoxy) is 1. The largest absolute Gasteiger partial charge is 0.378 e. The van der Waals surface area contributed by atoms with Gasteiger partial charge in [-0.15, -0.1) is 11.6 Å². The maximum atomic E-state index is 11.8. The molecule has 0 aromatic rings. The van der Waals surface area contributed by atoms with Crippen LogP contribution in [0.1, 0.15) is 52.4 Å². The highest BCUT2D eigenvalue weighted by atomic mass is 35.5. The molecule has 0 radical (unpaired) electrons. The first-order valence-electron chi connectivity index (χ1n) is 6.52. The van der Waals surface area contributed by atoms with E-state index < -0.39 is 0 Å². The lowest BCUT2D eigenvalue weighted by Crippen LogP contribution is -2.43. The number of amides is 1. The molecule has 17 heavy (non-hydrogen) atoms. The third-order valence-electron chi connectivity index (χ3n) is 3.16. The fraction of sp³-hybridized carbons (Fsp3) is 0.923. The van der Waals surface area contributed by atoms with E-state index in [2.05, 4.69) is 5.32 Å². The zero-order chi connectivity index (χ0) is 12.7. The van der Waals surface area contributed by atoms with Gasteiger partial charge in [-0.25, -0.2) is 0 Å². The Labute approximate surface area is 109 Å². The molecule has 1 aliphatic heterocycles. The molecular weight excluding hydrogens is 238 g/mol. The summed E-state index contributed by atoms with van der Waals surface area (Å²) in [5.74, 6) is 0.674. The Hall–Kier alpha value is -0.280. The summed E-state index contributed by atoms with van der Waals surface area (Å²) in [6.07, 6.45) is 5.94. The van der Waals surface area contributed by atoms with E-state index in [1.165, 1.54) is 6.42 Å². The molecule has 0 spiro atoms. The van der Waals surface area contributed by atoms with E-state index in [-0.39, 0.29) is 17.6 Å². The fourth-order valence-electron chi connectivity index (χ4n) is 2.07. The number of carbonyl (C=O) groups is 1. The Morgan fingerprint density at radius 3 is 2.82 bits per heavy atom. The van der Waals surface area contributed by atoms with E-state index in [4.69, 9.17) is 16.3 Å². The number of nitrogens with one attached hydrogen (secondary N) is 1. The van der Waals surface area contributed by atoms with Crippen LogP contribution in [-0.4, -0.2) is 30.0 Å². The predicted molar refractivity (Wildman–Crippen MR) is 70.4 cm³/mol. The third-order valence-corrected chi connectivity index (χ3v) is 3.35. The molecule has 3 nitrogen and oxygen atoms in total. The maximum absolute atomic E-state index is 11.8. The molecule has 1 amide bonds. The molecule has 1 atom stereocenters. The number of hydrogen-bond acceptors (Lipinski definition) is 2. The van der Waals surface area contributed by atoms with Gasteiger partial charge >= 0.3 is 0 Å².